The number of halogens is 6. The molecule has 1 aliphatic carbocycles. The molecule has 0 bridgehead atoms. The van der Waals surface area contributed by atoms with Gasteiger partial charge in [0.2, 0.25) is 5.95 Å². The number of carbonyl (C=O) groups is 1. The van der Waals surface area contributed by atoms with Crippen LogP contribution in [-0.2, 0) is 11.0 Å². The zero-order valence-corrected chi connectivity index (χ0v) is 17.4. The number of hydrogen-bond acceptors (Lipinski definition) is 4. The van der Waals surface area contributed by atoms with Crippen molar-refractivity contribution in [1.82, 2.24) is 14.8 Å². The average molecular weight is 481 g/mol. The van der Waals surface area contributed by atoms with Gasteiger partial charge >= 0.3 is 6.18 Å². The summed E-state index contributed by atoms with van der Waals surface area (Å²) >= 11 is 6.07. The smallest absolute Gasteiger partial charge is 0.328 e. The molecule has 2 aliphatic rings. The second-order valence-electron chi connectivity index (χ2n) is 7.91. The van der Waals surface area contributed by atoms with E-state index in [0.29, 0.717) is 16.8 Å². The highest BCUT2D eigenvalue weighted by Gasteiger charge is 2.43. The van der Waals surface area contributed by atoms with Crippen LogP contribution in [0.2, 0.25) is 5.02 Å². The Morgan fingerprint density at radius 3 is 2.42 bits per heavy atom. The van der Waals surface area contributed by atoms with Crippen LogP contribution < -0.4 is 5.32 Å². The number of nitrogens with zero attached hydrogens (tertiary/aromatic N) is 3. The molecule has 33 heavy (non-hydrogen) atoms. The van der Waals surface area contributed by atoms with E-state index >= 15 is 0 Å². The van der Waals surface area contributed by atoms with Crippen LogP contribution >= 0.6 is 11.6 Å². The van der Waals surface area contributed by atoms with Crippen molar-refractivity contribution in [1.29, 1.82) is 0 Å². The van der Waals surface area contributed by atoms with Gasteiger partial charge in [-0.05, 0) is 47.7 Å². The summed E-state index contributed by atoms with van der Waals surface area (Å²) in [4.78, 5) is 16.8. The average Bonchev–Trinajstić information content (AvgIpc) is 3.15. The maximum absolute atomic E-state index is 14.0. The molecular weight excluding hydrogens is 467 g/mol. The Morgan fingerprint density at radius 2 is 1.76 bits per heavy atom. The summed E-state index contributed by atoms with van der Waals surface area (Å²) in [7, 11) is 0. The molecule has 1 aliphatic heterocycles. The van der Waals surface area contributed by atoms with E-state index in [1.165, 1.54) is 0 Å². The number of nitrogens with one attached hydrogen (secondary N) is 1. The van der Waals surface area contributed by atoms with Crippen molar-refractivity contribution >= 4 is 23.3 Å². The van der Waals surface area contributed by atoms with Crippen LogP contribution in [0.4, 0.5) is 27.9 Å². The number of aromatic nitrogens is 3. The van der Waals surface area contributed by atoms with Crippen LogP contribution in [0.5, 0.6) is 0 Å². The molecule has 0 radical (unpaired) electrons. The summed E-state index contributed by atoms with van der Waals surface area (Å²) < 4.78 is 68.8. The molecule has 2 aromatic carbocycles. The molecule has 1 aromatic heterocycles. The molecule has 5 nitrogen and oxygen atoms in total. The molecule has 11 heteroatoms. The van der Waals surface area contributed by atoms with Crippen molar-refractivity contribution in [3.8, 4) is 0 Å². The quantitative estimate of drug-likeness (QED) is 0.482. The molecule has 1 N–H and O–H groups in total. The maximum Gasteiger partial charge on any atom is 0.453 e. The van der Waals surface area contributed by atoms with E-state index in [4.69, 9.17) is 11.6 Å². The third-order valence-electron chi connectivity index (χ3n) is 5.69. The molecule has 2 atom stereocenters. The van der Waals surface area contributed by atoms with E-state index < -0.39 is 29.7 Å². The highest BCUT2D eigenvalue weighted by molar-refractivity contribution is 6.30. The first-order valence-corrected chi connectivity index (χ1v) is 10.3. The van der Waals surface area contributed by atoms with Crippen LogP contribution in [0.15, 0.2) is 53.7 Å². The number of anilines is 1. The van der Waals surface area contributed by atoms with Crippen molar-refractivity contribution in [3.63, 3.8) is 0 Å². The van der Waals surface area contributed by atoms with Crippen molar-refractivity contribution in [2.24, 2.45) is 0 Å². The lowest BCUT2D eigenvalue weighted by Crippen LogP contribution is -2.33. The van der Waals surface area contributed by atoms with Gasteiger partial charge in [0.05, 0.1) is 0 Å². The molecular formula is C22H14ClF5N4O. The van der Waals surface area contributed by atoms with Gasteiger partial charge < -0.3 is 5.32 Å². The highest BCUT2D eigenvalue weighted by atomic mass is 35.5. The molecule has 0 fully saturated rings. The van der Waals surface area contributed by atoms with Gasteiger partial charge in [0.15, 0.2) is 5.78 Å². The Labute approximate surface area is 188 Å². The highest BCUT2D eigenvalue weighted by Crippen LogP contribution is 2.45. The molecule has 0 unspecified atom stereocenters. The van der Waals surface area contributed by atoms with E-state index in [0.717, 1.165) is 22.4 Å². The Hall–Kier alpha value is -3.27. The summed E-state index contributed by atoms with van der Waals surface area (Å²) in [5.41, 5.74) is 1.18. The van der Waals surface area contributed by atoms with E-state index in [1.807, 2.05) is 6.07 Å². The normalized spacial score (nSPS) is 20.4. The second-order valence-corrected chi connectivity index (χ2v) is 8.34. The fraction of sp³-hybridized carbons (Fsp3) is 0.227. The number of benzene rings is 2. The van der Waals surface area contributed by atoms with Crippen LogP contribution in [0, 0.1) is 11.6 Å². The third-order valence-corrected chi connectivity index (χ3v) is 5.93. The Kier molecular flexibility index (Phi) is 5.00. The van der Waals surface area contributed by atoms with Crippen molar-refractivity contribution in [2.45, 2.75) is 31.0 Å². The van der Waals surface area contributed by atoms with Crippen molar-refractivity contribution < 1.29 is 26.7 Å². The van der Waals surface area contributed by atoms with Crippen molar-refractivity contribution in [3.05, 3.63) is 87.3 Å². The predicted octanol–water partition coefficient (Wildman–Crippen LogP) is 5.64. The van der Waals surface area contributed by atoms with E-state index in [9.17, 15) is 26.7 Å². The summed E-state index contributed by atoms with van der Waals surface area (Å²) in [6, 6.07) is 8.27. The molecule has 3 aromatic rings. The fourth-order valence-electron chi connectivity index (χ4n) is 4.37. The van der Waals surface area contributed by atoms with Crippen molar-refractivity contribution in [2.75, 3.05) is 5.32 Å². The maximum atomic E-state index is 14.0. The minimum Gasteiger partial charge on any atom is -0.328 e. The second kappa shape index (κ2) is 7.65. The molecule has 5 rings (SSSR count). The van der Waals surface area contributed by atoms with Gasteiger partial charge in [0, 0.05) is 28.8 Å². The molecule has 0 saturated carbocycles. The number of fused-ring (bicyclic) bond motifs is 1. The van der Waals surface area contributed by atoms with Gasteiger partial charge in [-0.2, -0.15) is 18.2 Å². The number of rotatable bonds is 2. The number of allylic oxidation sites excluding steroid dienone is 2. The van der Waals surface area contributed by atoms with E-state index in [1.54, 1.807) is 18.2 Å². The van der Waals surface area contributed by atoms with E-state index in [2.05, 4.69) is 15.4 Å². The lowest BCUT2D eigenvalue weighted by Gasteiger charge is -2.35. The van der Waals surface area contributed by atoms with Gasteiger partial charge in [-0.15, -0.1) is 5.10 Å². The summed E-state index contributed by atoms with van der Waals surface area (Å²) in [6.45, 7) is 0. The number of carbonyl (C=O) groups excluding carboxylic acids is 1. The largest absolute Gasteiger partial charge is 0.453 e. The monoisotopic (exact) mass is 480 g/mol. The number of Topliss-reactive ketones (excluding diaryl/α,β-unsaturated/α-hetero) is 1. The Balaban J connectivity index is 1.65. The minimum atomic E-state index is -4.85. The number of hydrogen-bond donors (Lipinski definition) is 1. The zero-order chi connectivity index (χ0) is 23.5. The van der Waals surface area contributed by atoms with Crippen LogP contribution in [0.25, 0.3) is 0 Å². The Bertz CT molecular complexity index is 1300. The SMILES string of the molecule is O=C1C[C@H](c2cccc(Cl)c2)CC2=C1[C@H](c1cc(F)cc(F)c1)n1nc(C(F)(F)F)nc1N2. The van der Waals surface area contributed by atoms with Gasteiger partial charge in [0.1, 0.15) is 17.7 Å². The lowest BCUT2D eigenvalue weighted by molar-refractivity contribution is -0.145. The third kappa shape index (κ3) is 3.88. The Morgan fingerprint density at radius 1 is 1.03 bits per heavy atom. The minimum absolute atomic E-state index is 0.0454. The van der Waals surface area contributed by atoms with Gasteiger partial charge in [0.25, 0.3) is 5.82 Å². The predicted molar refractivity (Wildman–Crippen MR) is 109 cm³/mol. The summed E-state index contributed by atoms with van der Waals surface area (Å²) in [5.74, 6) is -4.21. The molecule has 0 saturated heterocycles. The first kappa shape index (κ1) is 21.6. The van der Waals surface area contributed by atoms with Crippen LogP contribution in [-0.4, -0.2) is 20.5 Å². The number of alkyl halides is 3. The first-order chi connectivity index (χ1) is 15.6. The summed E-state index contributed by atoms with van der Waals surface area (Å²) in [5, 5.41) is 6.80. The van der Waals surface area contributed by atoms with Crippen LogP contribution in [0.1, 0.15) is 41.8 Å². The number of ketones is 1. The topological polar surface area (TPSA) is 59.8 Å². The van der Waals surface area contributed by atoms with Gasteiger partial charge in [-0.3, -0.25) is 4.79 Å². The zero-order valence-electron chi connectivity index (χ0n) is 16.6. The van der Waals surface area contributed by atoms with Crippen LogP contribution in [0.3, 0.4) is 0 Å². The fourth-order valence-corrected chi connectivity index (χ4v) is 4.57. The summed E-state index contributed by atoms with van der Waals surface area (Å²) in [6.07, 6.45) is -4.53. The van der Waals surface area contributed by atoms with Gasteiger partial charge in [-0.25, -0.2) is 13.5 Å². The molecule has 2 heterocycles. The molecule has 0 spiro atoms. The van der Waals surface area contributed by atoms with E-state index in [-0.39, 0.29) is 41.6 Å². The van der Waals surface area contributed by atoms with Gasteiger partial charge in [-0.1, -0.05) is 23.7 Å². The lowest BCUT2D eigenvalue weighted by atomic mass is 9.78. The molecule has 170 valence electrons. The standard InChI is InChI=1S/C22H14ClF5N4O/c23-13-3-1-2-10(4-13)11-7-16-18(17(33)8-11)19(12-5-14(24)9-15(25)6-12)32-21(29-16)30-20(31-32)22(26,27)28/h1-6,9,11,19H,7-8H2,(H,29,30,31)/t11-,19+/m1/s1. The molecule has 0 amide bonds. The first-order valence-electron chi connectivity index (χ1n) is 9.88.